The molecular weight excluding hydrogens is 512 g/mol. The van der Waals surface area contributed by atoms with Crippen molar-refractivity contribution in [1.82, 2.24) is 0 Å². The van der Waals surface area contributed by atoms with Crippen molar-refractivity contribution in [2.45, 2.75) is 105 Å². The predicted octanol–water partition coefficient (Wildman–Crippen LogP) is 11.3. The molecule has 0 radical (unpaired) electrons. The molecule has 0 aliphatic rings. The lowest BCUT2D eigenvalue weighted by Crippen LogP contribution is -2.30. The van der Waals surface area contributed by atoms with Crippen molar-refractivity contribution in [2.75, 3.05) is 0 Å². The van der Waals surface area contributed by atoms with E-state index in [0.29, 0.717) is 11.2 Å². The highest BCUT2D eigenvalue weighted by molar-refractivity contribution is 5.33. The Kier molecular flexibility index (Phi) is 13.9. The van der Waals surface area contributed by atoms with Gasteiger partial charge in [-0.2, -0.15) is 0 Å². The maximum atomic E-state index is 8.76. The van der Waals surface area contributed by atoms with Crippen LogP contribution in [-0.2, 0) is 11.8 Å². The standard InChI is InChI=1S/C20H26O.C13H20.C7H8O/c1-5-20(4,6-2)21-19-13-11-18(12-14-19)15-17-9-7-16(3)8-10-17;1-5-13(4,6-2)12-9-7-11(3)8-10-12;1-6-2-4-7(8)5-3-6/h7-14H,5-6,15H2,1-4H3;7-10H,5-6H2,1-4H3;2-5,8H,1H3. The molecule has 42 heavy (non-hydrogen) atoms. The van der Waals surface area contributed by atoms with Crippen LogP contribution in [0.2, 0.25) is 0 Å². The van der Waals surface area contributed by atoms with Crippen LogP contribution in [-0.4, -0.2) is 10.7 Å². The van der Waals surface area contributed by atoms with Crippen LogP contribution < -0.4 is 4.74 Å². The van der Waals surface area contributed by atoms with E-state index in [1.165, 1.54) is 46.2 Å². The molecule has 4 aromatic carbocycles. The van der Waals surface area contributed by atoms with Gasteiger partial charge >= 0.3 is 0 Å². The maximum Gasteiger partial charge on any atom is 0.120 e. The summed E-state index contributed by atoms with van der Waals surface area (Å²) in [5.41, 5.74) is 8.28. The van der Waals surface area contributed by atoms with E-state index >= 15 is 0 Å². The summed E-state index contributed by atoms with van der Waals surface area (Å²) in [5, 5.41) is 8.76. The van der Waals surface area contributed by atoms with E-state index in [1.807, 2.05) is 19.1 Å². The predicted molar refractivity (Wildman–Crippen MR) is 182 cm³/mol. The molecule has 2 heteroatoms. The van der Waals surface area contributed by atoms with Gasteiger partial charge in [0.25, 0.3) is 0 Å². The van der Waals surface area contributed by atoms with Gasteiger partial charge in [-0.05, 0) is 106 Å². The highest BCUT2D eigenvalue weighted by atomic mass is 16.5. The molecule has 4 aromatic rings. The zero-order valence-electron chi connectivity index (χ0n) is 27.6. The van der Waals surface area contributed by atoms with Gasteiger partial charge in [0.2, 0.25) is 0 Å². The molecule has 0 bridgehead atoms. The molecule has 2 nitrogen and oxygen atoms in total. The Hall–Kier alpha value is -3.52. The first-order valence-corrected chi connectivity index (χ1v) is 15.6. The summed E-state index contributed by atoms with van der Waals surface area (Å²) in [6, 6.07) is 33.3. The minimum Gasteiger partial charge on any atom is -0.508 e. The summed E-state index contributed by atoms with van der Waals surface area (Å²) in [6.45, 7) is 19.6. The average Bonchev–Trinajstić information content (AvgIpc) is 3.01. The monoisotopic (exact) mass is 566 g/mol. The number of benzene rings is 4. The number of rotatable bonds is 9. The molecule has 0 atom stereocenters. The van der Waals surface area contributed by atoms with Gasteiger partial charge in [0.15, 0.2) is 0 Å². The van der Waals surface area contributed by atoms with Crippen LogP contribution in [0.3, 0.4) is 0 Å². The Bertz CT molecular complexity index is 1260. The number of aryl methyl sites for hydroxylation is 3. The lowest BCUT2D eigenvalue weighted by molar-refractivity contribution is 0.0803. The molecule has 0 heterocycles. The maximum absolute atomic E-state index is 8.76. The number of hydrogen-bond donors (Lipinski definition) is 1. The Labute approximate surface area is 256 Å². The van der Waals surface area contributed by atoms with Gasteiger partial charge in [-0.15, -0.1) is 0 Å². The van der Waals surface area contributed by atoms with Crippen molar-refractivity contribution in [3.63, 3.8) is 0 Å². The fraction of sp³-hybridized carbons (Fsp3) is 0.400. The van der Waals surface area contributed by atoms with Crippen LogP contribution in [0.25, 0.3) is 0 Å². The number of ether oxygens (including phenoxy) is 1. The molecule has 0 saturated heterocycles. The van der Waals surface area contributed by atoms with Crippen LogP contribution in [0.4, 0.5) is 0 Å². The van der Waals surface area contributed by atoms with Gasteiger partial charge in [0.05, 0.1) is 0 Å². The van der Waals surface area contributed by atoms with E-state index in [-0.39, 0.29) is 5.60 Å². The highest BCUT2D eigenvalue weighted by Crippen LogP contribution is 2.30. The molecule has 4 rings (SSSR count). The second-order valence-corrected chi connectivity index (χ2v) is 12.0. The summed E-state index contributed by atoms with van der Waals surface area (Å²) in [7, 11) is 0. The third kappa shape index (κ3) is 11.4. The molecule has 0 aliphatic heterocycles. The number of phenolic OH excluding ortho intramolecular Hbond substituents is 1. The SMILES string of the molecule is CCC(C)(CC)Oc1ccc(Cc2ccc(C)cc2)cc1.CCC(C)(CC)c1ccc(C)cc1.Cc1ccc(O)cc1. The number of aromatic hydroxyl groups is 1. The van der Waals surface area contributed by atoms with Gasteiger partial charge in [-0.25, -0.2) is 0 Å². The molecule has 0 unspecified atom stereocenters. The Morgan fingerprint density at radius 1 is 0.524 bits per heavy atom. The minimum atomic E-state index is -0.0571. The minimum absolute atomic E-state index is 0.0571. The number of hydrogen-bond acceptors (Lipinski definition) is 2. The second kappa shape index (κ2) is 16.8. The fourth-order valence-electron chi connectivity index (χ4n) is 4.45. The number of phenols is 1. The van der Waals surface area contributed by atoms with Gasteiger partial charge in [0.1, 0.15) is 17.1 Å². The van der Waals surface area contributed by atoms with Crippen LogP contribution in [0, 0.1) is 20.8 Å². The summed E-state index contributed by atoms with van der Waals surface area (Å²) in [5.74, 6) is 1.30. The zero-order valence-corrected chi connectivity index (χ0v) is 27.6. The van der Waals surface area contributed by atoms with Crippen molar-refractivity contribution in [2.24, 2.45) is 0 Å². The van der Waals surface area contributed by atoms with Crippen LogP contribution in [0.1, 0.15) is 101 Å². The molecule has 0 aromatic heterocycles. The quantitative estimate of drug-likeness (QED) is 0.218. The lowest BCUT2D eigenvalue weighted by Gasteiger charge is -2.28. The molecule has 0 spiro atoms. The van der Waals surface area contributed by atoms with Crippen LogP contribution in [0.15, 0.2) is 97.1 Å². The van der Waals surface area contributed by atoms with Gasteiger partial charge in [-0.3, -0.25) is 0 Å². The third-order valence-corrected chi connectivity index (χ3v) is 8.66. The lowest BCUT2D eigenvalue weighted by atomic mass is 9.78. The van der Waals surface area contributed by atoms with E-state index in [2.05, 4.69) is 128 Å². The summed E-state index contributed by atoms with van der Waals surface area (Å²) in [6.07, 6.45) is 5.45. The van der Waals surface area contributed by atoms with E-state index in [0.717, 1.165) is 25.0 Å². The van der Waals surface area contributed by atoms with Crippen molar-refractivity contribution in [1.29, 1.82) is 0 Å². The second-order valence-electron chi connectivity index (χ2n) is 12.0. The van der Waals surface area contributed by atoms with E-state index in [9.17, 15) is 0 Å². The Balaban J connectivity index is 0.000000248. The molecule has 0 saturated carbocycles. The normalized spacial score (nSPS) is 11.1. The highest BCUT2D eigenvalue weighted by Gasteiger charge is 2.22. The van der Waals surface area contributed by atoms with E-state index < -0.39 is 0 Å². The third-order valence-electron chi connectivity index (χ3n) is 8.66. The van der Waals surface area contributed by atoms with Crippen molar-refractivity contribution in [3.8, 4) is 11.5 Å². The Morgan fingerprint density at radius 2 is 0.905 bits per heavy atom. The molecular formula is C40H54O2. The van der Waals surface area contributed by atoms with Crippen molar-refractivity contribution in [3.05, 3.63) is 130 Å². The molecule has 0 fully saturated rings. The smallest absolute Gasteiger partial charge is 0.120 e. The van der Waals surface area contributed by atoms with Gasteiger partial charge in [-0.1, -0.05) is 124 Å². The van der Waals surface area contributed by atoms with Gasteiger partial charge in [0, 0.05) is 0 Å². The van der Waals surface area contributed by atoms with Crippen molar-refractivity contribution < 1.29 is 9.84 Å². The zero-order chi connectivity index (χ0) is 31.2. The van der Waals surface area contributed by atoms with E-state index in [1.54, 1.807) is 12.1 Å². The molecule has 0 aliphatic carbocycles. The molecule has 1 N–H and O–H groups in total. The summed E-state index contributed by atoms with van der Waals surface area (Å²) < 4.78 is 6.12. The average molecular weight is 567 g/mol. The van der Waals surface area contributed by atoms with Crippen LogP contribution >= 0.6 is 0 Å². The first-order valence-electron chi connectivity index (χ1n) is 15.6. The fourth-order valence-corrected chi connectivity index (χ4v) is 4.45. The summed E-state index contributed by atoms with van der Waals surface area (Å²) in [4.78, 5) is 0. The van der Waals surface area contributed by atoms with Crippen molar-refractivity contribution >= 4 is 0 Å². The van der Waals surface area contributed by atoms with E-state index in [4.69, 9.17) is 9.84 Å². The first kappa shape index (κ1) is 34.7. The largest absolute Gasteiger partial charge is 0.508 e. The summed E-state index contributed by atoms with van der Waals surface area (Å²) >= 11 is 0. The first-order chi connectivity index (χ1) is 20.0. The Morgan fingerprint density at radius 3 is 1.29 bits per heavy atom. The molecule has 0 amide bonds. The topological polar surface area (TPSA) is 29.5 Å². The van der Waals surface area contributed by atoms with Gasteiger partial charge < -0.3 is 9.84 Å². The van der Waals surface area contributed by atoms with Crippen LogP contribution in [0.5, 0.6) is 11.5 Å². The molecule has 226 valence electrons.